The van der Waals surface area contributed by atoms with Gasteiger partial charge in [-0.05, 0) is 30.9 Å². The first kappa shape index (κ1) is 17.6. The summed E-state index contributed by atoms with van der Waals surface area (Å²) in [7, 11) is -3.38. The van der Waals surface area contributed by atoms with Crippen LogP contribution < -0.4 is 10.0 Å². The molecular weight excluding hydrogens is 292 g/mol. The number of hydrogen-bond donors (Lipinski definition) is 2. The molecular formula is C14H26N2O2S2. The van der Waals surface area contributed by atoms with Gasteiger partial charge in [-0.2, -0.15) is 0 Å². The molecule has 1 rings (SSSR count). The van der Waals surface area contributed by atoms with Gasteiger partial charge in [0.2, 0.25) is 10.0 Å². The molecule has 0 saturated carbocycles. The van der Waals surface area contributed by atoms with Crippen molar-refractivity contribution < 1.29 is 8.42 Å². The second-order valence-electron chi connectivity index (χ2n) is 5.77. The summed E-state index contributed by atoms with van der Waals surface area (Å²) < 4.78 is 27.1. The highest BCUT2D eigenvalue weighted by molar-refractivity contribution is 7.89. The Morgan fingerprint density at radius 3 is 2.60 bits per heavy atom. The van der Waals surface area contributed by atoms with E-state index in [0.717, 1.165) is 30.8 Å². The van der Waals surface area contributed by atoms with Gasteiger partial charge in [-0.15, -0.1) is 11.3 Å². The smallest absolute Gasteiger partial charge is 0.241 e. The van der Waals surface area contributed by atoms with Crippen LogP contribution in [0.3, 0.4) is 0 Å². The molecule has 0 atom stereocenters. The van der Waals surface area contributed by atoms with Gasteiger partial charge in [-0.25, -0.2) is 13.1 Å². The lowest BCUT2D eigenvalue weighted by molar-refractivity contribution is 0.350. The Hall–Kier alpha value is -0.430. The Balaban J connectivity index is 2.64. The molecule has 0 bridgehead atoms. The van der Waals surface area contributed by atoms with Gasteiger partial charge in [0.25, 0.3) is 0 Å². The quantitative estimate of drug-likeness (QED) is 0.688. The van der Waals surface area contributed by atoms with Crippen LogP contribution >= 0.6 is 11.3 Å². The van der Waals surface area contributed by atoms with E-state index >= 15 is 0 Å². The molecule has 0 aliphatic carbocycles. The predicted octanol–water partition coefficient (Wildman–Crippen LogP) is 2.96. The van der Waals surface area contributed by atoms with Crippen molar-refractivity contribution in [1.82, 2.24) is 10.0 Å². The highest BCUT2D eigenvalue weighted by atomic mass is 32.2. The van der Waals surface area contributed by atoms with E-state index < -0.39 is 10.0 Å². The van der Waals surface area contributed by atoms with Gasteiger partial charge in [0.15, 0.2) is 0 Å². The van der Waals surface area contributed by atoms with Crippen molar-refractivity contribution in [2.45, 2.75) is 52.0 Å². The van der Waals surface area contributed by atoms with Crippen LogP contribution in [0.4, 0.5) is 0 Å². The molecule has 1 aromatic rings. The summed E-state index contributed by atoms with van der Waals surface area (Å²) in [5, 5.41) is 4.99. The van der Waals surface area contributed by atoms with Crippen molar-refractivity contribution >= 4 is 21.4 Å². The molecule has 0 spiro atoms. The van der Waals surface area contributed by atoms with Gasteiger partial charge >= 0.3 is 0 Å². The molecule has 0 saturated heterocycles. The zero-order valence-corrected chi connectivity index (χ0v) is 14.5. The summed E-state index contributed by atoms with van der Waals surface area (Å²) in [6, 6.07) is 1.76. The number of hydrogen-bond acceptors (Lipinski definition) is 4. The van der Waals surface area contributed by atoms with Crippen LogP contribution in [0.1, 0.15) is 45.4 Å². The third-order valence-electron chi connectivity index (χ3n) is 3.36. The third kappa shape index (κ3) is 5.52. The summed E-state index contributed by atoms with van der Waals surface area (Å²) in [5.74, 6) is 0. The fraction of sp³-hybridized carbons (Fsp3) is 0.714. The number of nitrogens with one attached hydrogen (secondary N) is 2. The molecule has 0 fully saturated rings. The van der Waals surface area contributed by atoms with Crippen LogP contribution in [0.15, 0.2) is 16.3 Å². The highest BCUT2D eigenvalue weighted by Crippen LogP contribution is 2.22. The van der Waals surface area contributed by atoms with Crippen LogP contribution in [0.25, 0.3) is 0 Å². The van der Waals surface area contributed by atoms with Crippen LogP contribution in [0.5, 0.6) is 0 Å². The minimum atomic E-state index is -3.38. The summed E-state index contributed by atoms with van der Waals surface area (Å²) in [5.41, 5.74) is -0.0192. The Kier molecular flexibility index (Phi) is 6.64. The van der Waals surface area contributed by atoms with E-state index in [2.05, 4.69) is 37.7 Å². The molecule has 0 aliphatic heterocycles. The van der Waals surface area contributed by atoms with E-state index in [9.17, 15) is 8.42 Å². The Labute approximate surface area is 127 Å². The van der Waals surface area contributed by atoms with Gasteiger partial charge in [-0.1, -0.05) is 27.7 Å². The van der Waals surface area contributed by atoms with E-state index in [-0.39, 0.29) is 5.41 Å². The Morgan fingerprint density at radius 1 is 1.30 bits per heavy atom. The maximum Gasteiger partial charge on any atom is 0.241 e. The topological polar surface area (TPSA) is 58.2 Å². The van der Waals surface area contributed by atoms with Crippen molar-refractivity contribution in [2.24, 2.45) is 5.41 Å². The summed E-state index contributed by atoms with van der Waals surface area (Å²) >= 11 is 1.48. The molecule has 2 N–H and O–H groups in total. The fourth-order valence-corrected chi connectivity index (χ4v) is 3.97. The highest BCUT2D eigenvalue weighted by Gasteiger charge is 2.21. The molecule has 0 aromatic carbocycles. The average molecular weight is 319 g/mol. The van der Waals surface area contributed by atoms with Crippen LogP contribution in [0, 0.1) is 5.41 Å². The van der Waals surface area contributed by atoms with Crippen LogP contribution in [-0.2, 0) is 16.6 Å². The molecule has 0 unspecified atom stereocenters. The van der Waals surface area contributed by atoms with Gasteiger partial charge < -0.3 is 5.32 Å². The van der Waals surface area contributed by atoms with Gasteiger partial charge in [-0.3, -0.25) is 0 Å². The number of thiophene rings is 1. The largest absolute Gasteiger partial charge is 0.312 e. The Morgan fingerprint density at radius 2 is 2.00 bits per heavy atom. The lowest BCUT2D eigenvalue weighted by Gasteiger charge is -2.22. The lowest BCUT2D eigenvalue weighted by atomic mass is 9.91. The maximum absolute atomic E-state index is 12.2. The average Bonchev–Trinajstić information content (AvgIpc) is 2.87. The predicted molar refractivity (Wildman–Crippen MR) is 85.6 cm³/mol. The molecule has 116 valence electrons. The van der Waals surface area contributed by atoms with Crippen LogP contribution in [0.2, 0.25) is 0 Å². The Bertz CT molecular complexity index is 507. The first-order chi connectivity index (χ1) is 9.30. The zero-order valence-electron chi connectivity index (χ0n) is 12.8. The molecule has 4 nitrogen and oxygen atoms in total. The molecule has 0 aliphatic rings. The van der Waals surface area contributed by atoms with Crippen LogP contribution in [-0.4, -0.2) is 21.5 Å². The lowest BCUT2D eigenvalue weighted by Crippen LogP contribution is -2.33. The third-order valence-corrected chi connectivity index (χ3v) is 5.83. The molecule has 1 heterocycles. The first-order valence-corrected chi connectivity index (χ1v) is 9.45. The van der Waals surface area contributed by atoms with Crippen molar-refractivity contribution in [2.75, 3.05) is 13.1 Å². The van der Waals surface area contributed by atoms with Crippen molar-refractivity contribution in [3.63, 3.8) is 0 Å². The summed E-state index contributed by atoms with van der Waals surface area (Å²) in [6.07, 6.45) is 2.01. The SMILES string of the molecule is CCCNCc1cc(S(=O)(=O)NCC(C)(C)CC)cs1. The second-order valence-corrected chi connectivity index (χ2v) is 8.53. The zero-order chi connectivity index (χ0) is 15.2. The molecule has 1 aromatic heterocycles. The van der Waals surface area contributed by atoms with Gasteiger partial charge in [0.1, 0.15) is 0 Å². The molecule has 6 heteroatoms. The van der Waals surface area contributed by atoms with E-state index in [1.165, 1.54) is 11.3 Å². The maximum atomic E-state index is 12.2. The first-order valence-electron chi connectivity index (χ1n) is 7.08. The van der Waals surface area contributed by atoms with Gasteiger partial charge in [0, 0.05) is 23.3 Å². The molecule has 0 amide bonds. The standard InChI is InChI=1S/C14H26N2O2S2/c1-5-7-15-9-12-8-13(10-19-12)20(17,18)16-11-14(3,4)6-2/h8,10,15-16H,5-7,9,11H2,1-4H3. The van der Waals surface area contributed by atoms with Crippen molar-refractivity contribution in [3.05, 3.63) is 16.3 Å². The monoisotopic (exact) mass is 318 g/mol. The molecule has 0 radical (unpaired) electrons. The minimum absolute atomic E-state index is 0.0192. The normalized spacial score (nSPS) is 12.8. The minimum Gasteiger partial charge on any atom is -0.312 e. The second kappa shape index (κ2) is 7.54. The van der Waals surface area contributed by atoms with Crippen molar-refractivity contribution in [1.29, 1.82) is 0 Å². The van der Waals surface area contributed by atoms with E-state index in [1.54, 1.807) is 11.4 Å². The fourth-order valence-electron chi connectivity index (χ4n) is 1.48. The molecule has 20 heavy (non-hydrogen) atoms. The summed E-state index contributed by atoms with van der Waals surface area (Å²) in [6.45, 7) is 10.4. The summed E-state index contributed by atoms with van der Waals surface area (Å²) in [4.78, 5) is 1.43. The van der Waals surface area contributed by atoms with Gasteiger partial charge in [0.05, 0.1) is 4.90 Å². The number of rotatable bonds is 9. The van der Waals surface area contributed by atoms with Crippen molar-refractivity contribution in [3.8, 4) is 0 Å². The van der Waals surface area contributed by atoms with E-state index in [1.807, 2.05) is 0 Å². The van der Waals surface area contributed by atoms with E-state index in [4.69, 9.17) is 0 Å². The van der Waals surface area contributed by atoms with E-state index in [0.29, 0.717) is 11.4 Å². The number of sulfonamides is 1.